The first kappa shape index (κ1) is 61.4. The maximum Gasteiger partial charge on any atom is 0.416 e. The van der Waals surface area contributed by atoms with Gasteiger partial charge in [0.15, 0.2) is 6.20 Å². The average Bonchev–Trinajstić information content (AvgIpc) is 3.35. The van der Waals surface area contributed by atoms with Gasteiger partial charge in [0.05, 0.1) is 44.5 Å². The molecule has 0 saturated heterocycles. The first-order valence-corrected chi connectivity index (χ1v) is 22.0. The van der Waals surface area contributed by atoms with Crippen LogP contribution in [0.4, 0.5) is 105 Å². The topological polar surface area (TPSA) is 38.0 Å². The number of benzene rings is 6. The minimum atomic E-state index is -6.13. The predicted octanol–water partition coefficient (Wildman–Crippen LogP) is 14.3. The van der Waals surface area contributed by atoms with Crippen LogP contribution in [-0.2, 0) is 56.0 Å². The van der Waals surface area contributed by atoms with E-state index in [-0.39, 0.29) is 18.1 Å². The highest BCUT2D eigenvalue weighted by atomic mass is 19.4. The summed E-state index contributed by atoms with van der Waals surface area (Å²) in [5.74, 6) is -0.115. The van der Waals surface area contributed by atoms with E-state index >= 15 is 0 Å². The van der Waals surface area contributed by atoms with Crippen molar-refractivity contribution < 1.29 is 120 Å². The number of Topliss-reactive ketones (excluding diaryl/α,β-unsaturated/α-hetero) is 1. The lowest BCUT2D eigenvalue weighted by molar-refractivity contribution is -0.684. The zero-order chi connectivity index (χ0) is 60.0. The Morgan fingerprint density at radius 3 is 0.800 bits per heavy atom. The van der Waals surface area contributed by atoms with Crippen molar-refractivity contribution in [1.82, 2.24) is 0 Å². The molecule has 28 heteroatoms. The minimum absolute atomic E-state index is 0.0242. The Labute approximate surface area is 433 Å². The summed E-state index contributed by atoms with van der Waals surface area (Å²) in [5, 5.41) is 0. The van der Waals surface area contributed by atoms with E-state index in [1.54, 1.807) is 47.2 Å². The van der Waals surface area contributed by atoms with Crippen molar-refractivity contribution in [3.8, 4) is 0 Å². The van der Waals surface area contributed by atoms with Gasteiger partial charge in [0.2, 0.25) is 12.3 Å². The zero-order valence-corrected chi connectivity index (χ0v) is 39.1. The molecule has 0 aliphatic rings. The standard InChI is InChI=1S/C32H12BF24.C20H16NO2/c34-25(35,36)13-1-14(26(37,38)39)6-21(5-13)33(22-7-15(27(40,41)42)2-16(8-22)28(43,44)45,23-9-17(29(46,47)48)3-18(10-23)30(49,50)51)24-11-19(31(52,53)54)4-20(12-24)32(55,56)57;22-19(16-9-3-1-4-10-16)15-21-14-8-7-13-18(21)20(23)17-11-5-2-6-12-17/h1-12H;1-14H,15H2/q-1;+1. The molecule has 1 aromatic heterocycles. The summed E-state index contributed by atoms with van der Waals surface area (Å²) in [4.78, 5) is 25.0. The van der Waals surface area contributed by atoms with E-state index in [9.17, 15) is 115 Å². The molecule has 7 aromatic rings. The summed E-state index contributed by atoms with van der Waals surface area (Å²) >= 11 is 0. The SMILES string of the molecule is FC(F)(F)c1cc([B-](c2cc(C(F)(F)F)cc(C(F)(F)F)c2)(c2cc(C(F)(F)F)cc(C(F)(F)F)c2)c2cc(C(F)(F)F)cc(C(F)(F)F)c2)cc(C(F)(F)F)c1.O=C(C[n+]1ccccc1C(=O)c1ccccc1)c1ccccc1. The summed E-state index contributed by atoms with van der Waals surface area (Å²) in [7, 11) is 0. The van der Waals surface area contributed by atoms with E-state index in [4.69, 9.17) is 0 Å². The second kappa shape index (κ2) is 21.7. The van der Waals surface area contributed by atoms with Crippen molar-refractivity contribution in [2.45, 2.75) is 56.0 Å². The van der Waals surface area contributed by atoms with Crippen molar-refractivity contribution in [2.24, 2.45) is 0 Å². The maximum atomic E-state index is 14.2. The Hall–Kier alpha value is -7.81. The van der Waals surface area contributed by atoms with E-state index in [1.165, 1.54) is 0 Å². The smallest absolute Gasteiger partial charge is 0.287 e. The number of carbonyl (C=O) groups excluding carboxylic acids is 2. The number of aromatic nitrogens is 1. The van der Waals surface area contributed by atoms with E-state index in [0.717, 1.165) is 0 Å². The largest absolute Gasteiger partial charge is 0.416 e. The fraction of sp³-hybridized carbons (Fsp3) is 0.173. The van der Waals surface area contributed by atoms with Gasteiger partial charge >= 0.3 is 49.4 Å². The lowest BCUT2D eigenvalue weighted by Gasteiger charge is -2.46. The molecule has 424 valence electrons. The second-order valence-corrected chi connectivity index (χ2v) is 17.4. The number of carbonyl (C=O) groups is 2. The number of ketones is 2. The maximum absolute atomic E-state index is 14.2. The number of alkyl halides is 24. The Balaban J connectivity index is 0.000000370. The molecule has 0 atom stereocenters. The summed E-state index contributed by atoms with van der Waals surface area (Å²) in [6.45, 7) is 0.138. The highest BCUT2D eigenvalue weighted by molar-refractivity contribution is 7.20. The van der Waals surface area contributed by atoms with Gasteiger partial charge in [0, 0.05) is 23.3 Å². The normalized spacial score (nSPS) is 13.2. The Kier molecular flexibility index (Phi) is 16.6. The quantitative estimate of drug-likeness (QED) is 0.0625. The van der Waals surface area contributed by atoms with Gasteiger partial charge in [0.1, 0.15) is 6.15 Å². The van der Waals surface area contributed by atoms with Gasteiger partial charge in [-0.25, -0.2) is 0 Å². The molecule has 3 nitrogen and oxygen atoms in total. The van der Waals surface area contributed by atoms with Gasteiger partial charge in [-0.2, -0.15) is 132 Å². The molecular formula is C52H28BF24NO2. The van der Waals surface area contributed by atoms with E-state index < -0.39 is 195 Å². The number of halogens is 24. The highest BCUT2D eigenvalue weighted by Gasteiger charge is 2.47. The van der Waals surface area contributed by atoms with Gasteiger partial charge in [-0.05, 0) is 30.3 Å². The van der Waals surface area contributed by atoms with Crippen LogP contribution in [0, 0.1) is 0 Å². The van der Waals surface area contributed by atoms with Gasteiger partial charge in [-0.3, -0.25) is 9.59 Å². The van der Waals surface area contributed by atoms with Crippen LogP contribution in [0.5, 0.6) is 0 Å². The fourth-order valence-corrected chi connectivity index (χ4v) is 8.50. The third kappa shape index (κ3) is 14.0. The molecule has 6 aromatic carbocycles. The van der Waals surface area contributed by atoms with Crippen LogP contribution in [0.1, 0.15) is 70.9 Å². The fourth-order valence-electron chi connectivity index (χ4n) is 8.50. The van der Waals surface area contributed by atoms with Crippen molar-refractivity contribution in [3.05, 3.63) is 219 Å². The van der Waals surface area contributed by atoms with Crippen LogP contribution in [0.25, 0.3) is 0 Å². The lowest BCUT2D eigenvalue weighted by Crippen LogP contribution is -2.75. The first-order chi connectivity index (χ1) is 36.5. The summed E-state index contributed by atoms with van der Waals surface area (Å²) < 4.78 is 343. The monoisotopic (exact) mass is 1170 g/mol. The van der Waals surface area contributed by atoms with Crippen LogP contribution in [0.2, 0.25) is 0 Å². The summed E-state index contributed by atoms with van der Waals surface area (Å²) in [6.07, 6.45) is -53.0. The van der Waals surface area contributed by atoms with Crippen LogP contribution < -0.4 is 26.4 Å². The lowest BCUT2D eigenvalue weighted by atomic mass is 9.12. The van der Waals surface area contributed by atoms with E-state index in [2.05, 4.69) is 0 Å². The van der Waals surface area contributed by atoms with Gasteiger partial charge < -0.3 is 0 Å². The number of nitrogens with zero attached hydrogens (tertiary/aromatic N) is 1. The van der Waals surface area contributed by atoms with Gasteiger partial charge in [0.25, 0.3) is 11.5 Å². The Morgan fingerprint density at radius 1 is 0.312 bits per heavy atom. The molecule has 0 aliphatic carbocycles. The Bertz CT molecular complexity index is 2950. The molecule has 0 bridgehead atoms. The van der Waals surface area contributed by atoms with Crippen LogP contribution >= 0.6 is 0 Å². The van der Waals surface area contributed by atoms with E-state index in [1.807, 2.05) is 42.5 Å². The van der Waals surface area contributed by atoms with Crippen LogP contribution in [0.15, 0.2) is 158 Å². The predicted molar refractivity (Wildman–Crippen MR) is 237 cm³/mol. The third-order valence-electron chi connectivity index (χ3n) is 12.1. The molecule has 0 N–H and O–H groups in total. The highest BCUT2D eigenvalue weighted by Crippen LogP contribution is 2.41. The minimum Gasteiger partial charge on any atom is -0.287 e. The number of pyridine rings is 1. The van der Waals surface area contributed by atoms with Crippen LogP contribution in [-0.4, -0.2) is 17.7 Å². The first-order valence-electron chi connectivity index (χ1n) is 22.0. The van der Waals surface area contributed by atoms with Crippen molar-refractivity contribution in [1.29, 1.82) is 0 Å². The average molecular weight is 1170 g/mol. The molecule has 0 saturated carbocycles. The second-order valence-electron chi connectivity index (χ2n) is 17.4. The molecule has 0 amide bonds. The molecule has 80 heavy (non-hydrogen) atoms. The van der Waals surface area contributed by atoms with Crippen molar-refractivity contribution >= 4 is 39.6 Å². The molecule has 0 radical (unpaired) electrons. The Morgan fingerprint density at radius 2 is 0.550 bits per heavy atom. The van der Waals surface area contributed by atoms with E-state index in [0.29, 0.717) is 16.8 Å². The molecule has 7 rings (SSSR count). The molecule has 0 aliphatic heterocycles. The number of hydrogen-bond acceptors (Lipinski definition) is 2. The third-order valence-corrected chi connectivity index (χ3v) is 12.1. The summed E-state index contributed by atoms with van der Waals surface area (Å²) in [6, 6.07) is 14.7. The molecule has 1 heterocycles. The van der Waals surface area contributed by atoms with Crippen LogP contribution in [0.3, 0.4) is 0 Å². The molecule has 0 fully saturated rings. The van der Waals surface area contributed by atoms with Gasteiger partial charge in [-0.1, -0.05) is 109 Å². The number of rotatable bonds is 9. The molecule has 0 unspecified atom stereocenters. The van der Waals surface area contributed by atoms with Crippen molar-refractivity contribution in [2.75, 3.05) is 0 Å². The van der Waals surface area contributed by atoms with Crippen molar-refractivity contribution in [3.63, 3.8) is 0 Å². The zero-order valence-electron chi connectivity index (χ0n) is 39.1. The summed E-state index contributed by atoms with van der Waals surface area (Å²) in [5.41, 5.74) is -28.5. The molecule has 0 spiro atoms. The molecular weight excluding hydrogens is 1140 g/mol. The van der Waals surface area contributed by atoms with Gasteiger partial charge in [-0.15, -0.1) is 0 Å². The number of hydrogen-bond donors (Lipinski definition) is 0.